The fourth-order valence-corrected chi connectivity index (χ4v) is 2.47. The van der Waals surface area contributed by atoms with E-state index in [2.05, 4.69) is 15.5 Å². The first-order valence-electron chi connectivity index (χ1n) is 5.85. The zero-order chi connectivity index (χ0) is 13.1. The number of benzene rings is 2. The van der Waals surface area contributed by atoms with Crippen molar-refractivity contribution in [2.24, 2.45) is 0 Å². The second-order valence-electron chi connectivity index (χ2n) is 4.11. The highest BCUT2D eigenvalue weighted by Crippen LogP contribution is 2.19. The van der Waals surface area contributed by atoms with Gasteiger partial charge in [0, 0.05) is 0 Å². The number of anilines is 1. The molecule has 1 aromatic heterocycles. The lowest BCUT2D eigenvalue weighted by molar-refractivity contribution is -0.115. The number of rotatable bonds is 3. The Morgan fingerprint density at radius 2 is 2.00 bits per heavy atom. The molecule has 3 rings (SSSR count). The van der Waals surface area contributed by atoms with Crippen molar-refractivity contribution in [2.75, 3.05) is 5.32 Å². The second kappa shape index (κ2) is 5.16. The van der Waals surface area contributed by atoms with E-state index in [1.807, 2.05) is 42.5 Å². The van der Waals surface area contributed by atoms with Gasteiger partial charge in [-0.1, -0.05) is 53.8 Å². The third kappa shape index (κ3) is 2.61. The van der Waals surface area contributed by atoms with Gasteiger partial charge in [0.2, 0.25) is 11.0 Å². The topological polar surface area (TPSA) is 54.9 Å². The van der Waals surface area contributed by atoms with E-state index in [-0.39, 0.29) is 5.91 Å². The van der Waals surface area contributed by atoms with E-state index in [1.165, 1.54) is 11.3 Å². The SMILES string of the molecule is O=C(Cc1cccc2ccccc12)Nc1nncs1. The minimum absolute atomic E-state index is 0.0758. The summed E-state index contributed by atoms with van der Waals surface area (Å²) in [4.78, 5) is 12.0. The maximum absolute atomic E-state index is 12.0. The van der Waals surface area contributed by atoms with E-state index in [9.17, 15) is 4.79 Å². The molecule has 0 aliphatic rings. The van der Waals surface area contributed by atoms with Crippen molar-refractivity contribution >= 4 is 33.1 Å². The zero-order valence-electron chi connectivity index (χ0n) is 10.0. The molecule has 0 saturated carbocycles. The van der Waals surface area contributed by atoms with Gasteiger partial charge in [-0.2, -0.15) is 0 Å². The van der Waals surface area contributed by atoms with Gasteiger partial charge in [-0.15, -0.1) is 10.2 Å². The molecule has 1 N–H and O–H groups in total. The maximum atomic E-state index is 12.0. The molecule has 0 saturated heterocycles. The highest BCUT2D eigenvalue weighted by molar-refractivity contribution is 7.13. The summed E-state index contributed by atoms with van der Waals surface area (Å²) in [5.41, 5.74) is 2.60. The number of nitrogens with one attached hydrogen (secondary N) is 1. The molecule has 3 aromatic rings. The Kier molecular flexibility index (Phi) is 3.20. The average Bonchev–Trinajstić information content (AvgIpc) is 2.92. The van der Waals surface area contributed by atoms with Gasteiger partial charge in [-0.05, 0) is 16.3 Å². The Morgan fingerprint density at radius 1 is 1.16 bits per heavy atom. The molecule has 1 heterocycles. The van der Waals surface area contributed by atoms with Gasteiger partial charge >= 0.3 is 0 Å². The number of nitrogens with zero attached hydrogens (tertiary/aromatic N) is 2. The second-order valence-corrected chi connectivity index (χ2v) is 4.94. The molecule has 0 fully saturated rings. The molecule has 0 bridgehead atoms. The fraction of sp³-hybridized carbons (Fsp3) is 0.0714. The number of carbonyl (C=O) groups is 1. The summed E-state index contributed by atoms with van der Waals surface area (Å²) in [6, 6.07) is 14.0. The standard InChI is InChI=1S/C14H11N3OS/c18-13(16-14-17-15-9-19-14)8-11-6-3-5-10-4-1-2-7-12(10)11/h1-7,9H,8H2,(H,16,17,18). The summed E-state index contributed by atoms with van der Waals surface area (Å²) in [6.07, 6.45) is 0.334. The van der Waals surface area contributed by atoms with E-state index in [0.717, 1.165) is 16.3 Å². The van der Waals surface area contributed by atoms with Gasteiger partial charge in [0.1, 0.15) is 5.51 Å². The van der Waals surface area contributed by atoms with Crippen LogP contribution in [0.4, 0.5) is 5.13 Å². The lowest BCUT2D eigenvalue weighted by Gasteiger charge is -2.06. The first kappa shape index (κ1) is 11.8. The van der Waals surface area contributed by atoms with Gasteiger partial charge in [-0.3, -0.25) is 4.79 Å². The average molecular weight is 269 g/mol. The Labute approximate surface area is 114 Å². The molecule has 2 aromatic carbocycles. The predicted molar refractivity (Wildman–Crippen MR) is 76.2 cm³/mol. The Morgan fingerprint density at radius 3 is 2.84 bits per heavy atom. The highest BCUT2D eigenvalue weighted by Gasteiger charge is 2.08. The quantitative estimate of drug-likeness (QED) is 0.795. The van der Waals surface area contributed by atoms with Gasteiger partial charge in [-0.25, -0.2) is 0 Å². The molecule has 0 unspecified atom stereocenters. The van der Waals surface area contributed by atoms with Crippen molar-refractivity contribution in [3.63, 3.8) is 0 Å². The molecule has 1 amide bonds. The van der Waals surface area contributed by atoms with E-state index in [1.54, 1.807) is 5.51 Å². The van der Waals surface area contributed by atoms with Crippen LogP contribution >= 0.6 is 11.3 Å². The molecule has 4 nitrogen and oxygen atoms in total. The summed E-state index contributed by atoms with van der Waals surface area (Å²) in [7, 11) is 0. The van der Waals surface area contributed by atoms with E-state index in [0.29, 0.717) is 11.6 Å². The third-order valence-corrected chi connectivity index (χ3v) is 3.44. The number of aromatic nitrogens is 2. The molecular weight excluding hydrogens is 258 g/mol. The molecule has 0 atom stereocenters. The number of carbonyl (C=O) groups excluding carboxylic acids is 1. The lowest BCUT2D eigenvalue weighted by Crippen LogP contribution is -2.14. The van der Waals surface area contributed by atoms with Crippen LogP contribution in [0.15, 0.2) is 48.0 Å². The summed E-state index contributed by atoms with van der Waals surface area (Å²) >= 11 is 1.31. The van der Waals surface area contributed by atoms with Gasteiger partial charge in [0.25, 0.3) is 0 Å². The predicted octanol–water partition coefficient (Wildman–Crippen LogP) is 2.87. The largest absolute Gasteiger partial charge is 0.300 e. The zero-order valence-corrected chi connectivity index (χ0v) is 10.9. The number of hydrogen-bond acceptors (Lipinski definition) is 4. The Balaban J connectivity index is 1.83. The third-order valence-electron chi connectivity index (χ3n) is 2.84. The summed E-state index contributed by atoms with van der Waals surface area (Å²) in [5, 5.41) is 13.0. The monoisotopic (exact) mass is 269 g/mol. The molecule has 19 heavy (non-hydrogen) atoms. The van der Waals surface area contributed by atoms with Crippen LogP contribution in [-0.4, -0.2) is 16.1 Å². The summed E-state index contributed by atoms with van der Waals surface area (Å²) in [6.45, 7) is 0. The Bertz CT molecular complexity index is 704. The van der Waals surface area contributed by atoms with Crippen LogP contribution in [0.1, 0.15) is 5.56 Å². The van der Waals surface area contributed by atoms with Crippen LogP contribution in [0.3, 0.4) is 0 Å². The molecule has 5 heteroatoms. The number of fused-ring (bicyclic) bond motifs is 1. The van der Waals surface area contributed by atoms with E-state index < -0.39 is 0 Å². The highest BCUT2D eigenvalue weighted by atomic mass is 32.1. The lowest BCUT2D eigenvalue weighted by atomic mass is 10.0. The van der Waals surface area contributed by atoms with Gasteiger partial charge in [0.05, 0.1) is 6.42 Å². The van der Waals surface area contributed by atoms with Crippen LogP contribution in [0.5, 0.6) is 0 Å². The smallest absolute Gasteiger partial charge is 0.230 e. The molecular formula is C14H11N3OS. The van der Waals surface area contributed by atoms with Crippen LogP contribution in [0.2, 0.25) is 0 Å². The number of amides is 1. The molecule has 94 valence electrons. The fourth-order valence-electron chi connectivity index (χ4n) is 2.01. The van der Waals surface area contributed by atoms with Crippen LogP contribution in [0.25, 0.3) is 10.8 Å². The molecule has 0 spiro atoms. The molecule has 0 aliphatic carbocycles. The van der Waals surface area contributed by atoms with E-state index in [4.69, 9.17) is 0 Å². The normalized spacial score (nSPS) is 10.5. The van der Waals surface area contributed by atoms with Crippen molar-refractivity contribution < 1.29 is 4.79 Å². The minimum Gasteiger partial charge on any atom is -0.300 e. The maximum Gasteiger partial charge on any atom is 0.230 e. The van der Waals surface area contributed by atoms with Crippen molar-refractivity contribution in [2.45, 2.75) is 6.42 Å². The van der Waals surface area contributed by atoms with Crippen molar-refractivity contribution in [1.82, 2.24) is 10.2 Å². The number of hydrogen-bond donors (Lipinski definition) is 1. The minimum atomic E-state index is -0.0758. The van der Waals surface area contributed by atoms with Gasteiger partial charge in [0.15, 0.2) is 0 Å². The first-order valence-corrected chi connectivity index (χ1v) is 6.73. The van der Waals surface area contributed by atoms with Gasteiger partial charge < -0.3 is 5.32 Å². The van der Waals surface area contributed by atoms with Crippen LogP contribution in [-0.2, 0) is 11.2 Å². The summed E-state index contributed by atoms with van der Waals surface area (Å²) < 4.78 is 0. The molecule has 0 aliphatic heterocycles. The van der Waals surface area contributed by atoms with Crippen molar-refractivity contribution in [3.05, 3.63) is 53.5 Å². The summed E-state index contributed by atoms with van der Waals surface area (Å²) in [5.74, 6) is -0.0758. The Hall–Kier alpha value is -2.27. The molecule has 0 radical (unpaired) electrons. The first-order chi connectivity index (χ1) is 9.33. The van der Waals surface area contributed by atoms with E-state index >= 15 is 0 Å². The van der Waals surface area contributed by atoms with Crippen molar-refractivity contribution in [3.8, 4) is 0 Å². The van der Waals surface area contributed by atoms with Crippen LogP contribution in [0, 0.1) is 0 Å². The van der Waals surface area contributed by atoms with Crippen LogP contribution < -0.4 is 5.32 Å². The van der Waals surface area contributed by atoms with Crippen molar-refractivity contribution in [1.29, 1.82) is 0 Å².